The van der Waals surface area contributed by atoms with Crippen molar-refractivity contribution in [2.24, 2.45) is 0 Å². The molecule has 1 aromatic heterocycles. The van der Waals surface area contributed by atoms with Gasteiger partial charge in [-0.2, -0.15) is 13.2 Å². The molecule has 6 nitrogen and oxygen atoms in total. The number of rotatable bonds is 6. The minimum atomic E-state index is -4.49. The SMILES string of the molecule is CCCc1nnc2n1N[C@H](c1ccc(CC)cc1)[C@H](C(=O)Nc1cccc(C(F)(F)F)c1)S2. The number of hydrogen-bond donors (Lipinski definition) is 2. The van der Waals surface area contributed by atoms with Gasteiger partial charge in [-0.25, -0.2) is 4.68 Å². The van der Waals surface area contributed by atoms with Crippen molar-refractivity contribution in [3.8, 4) is 0 Å². The number of amides is 1. The first kappa shape index (κ1) is 23.2. The summed E-state index contributed by atoms with van der Waals surface area (Å²) >= 11 is 1.25. The molecule has 174 valence electrons. The quantitative estimate of drug-likeness (QED) is 0.512. The summed E-state index contributed by atoms with van der Waals surface area (Å²) in [7, 11) is 0. The lowest BCUT2D eigenvalue weighted by molar-refractivity contribution is -0.137. The first-order valence-corrected chi connectivity index (χ1v) is 11.6. The molecule has 1 aliphatic rings. The minimum absolute atomic E-state index is 0.0919. The Kier molecular flexibility index (Phi) is 6.64. The molecule has 0 saturated heterocycles. The molecule has 0 bridgehead atoms. The van der Waals surface area contributed by atoms with Crippen LogP contribution in [0.5, 0.6) is 0 Å². The molecule has 0 aliphatic carbocycles. The molecule has 0 unspecified atom stereocenters. The number of halogens is 3. The van der Waals surface area contributed by atoms with Crippen LogP contribution < -0.4 is 10.7 Å². The second kappa shape index (κ2) is 9.46. The number of thioether (sulfide) groups is 1. The van der Waals surface area contributed by atoms with Crippen LogP contribution in [0.25, 0.3) is 0 Å². The smallest absolute Gasteiger partial charge is 0.325 e. The van der Waals surface area contributed by atoms with E-state index in [0.717, 1.165) is 42.8 Å². The highest BCUT2D eigenvalue weighted by atomic mass is 32.2. The van der Waals surface area contributed by atoms with Crippen LogP contribution in [0, 0.1) is 0 Å². The number of aromatic nitrogens is 3. The Balaban J connectivity index is 1.65. The topological polar surface area (TPSA) is 71.8 Å². The maximum atomic E-state index is 13.3. The normalized spacial score (nSPS) is 17.8. The maximum Gasteiger partial charge on any atom is 0.416 e. The van der Waals surface area contributed by atoms with E-state index in [4.69, 9.17) is 0 Å². The third-order valence-electron chi connectivity index (χ3n) is 5.44. The number of aryl methyl sites for hydroxylation is 2. The standard InChI is InChI=1S/C23H24F3N5OS/c1-3-6-18-28-29-22-31(18)30-19(15-11-9-14(4-2)10-12-15)20(33-22)21(32)27-17-8-5-7-16(13-17)23(24,25)26/h5,7-13,19-20,30H,3-4,6H2,1-2H3,(H,27,32)/t19-,20-/m1/s1. The third kappa shape index (κ3) is 5.00. The molecule has 3 aromatic rings. The number of nitrogens with zero attached hydrogens (tertiary/aromatic N) is 3. The van der Waals surface area contributed by atoms with Gasteiger partial charge in [0.1, 0.15) is 5.25 Å². The Bertz CT molecular complexity index is 1130. The summed E-state index contributed by atoms with van der Waals surface area (Å²) in [6.07, 6.45) is -1.98. The Labute approximate surface area is 194 Å². The van der Waals surface area contributed by atoms with E-state index in [9.17, 15) is 18.0 Å². The van der Waals surface area contributed by atoms with Gasteiger partial charge in [-0.05, 0) is 42.2 Å². The van der Waals surface area contributed by atoms with Crippen molar-refractivity contribution in [2.45, 2.75) is 55.7 Å². The maximum absolute atomic E-state index is 13.3. The van der Waals surface area contributed by atoms with Gasteiger partial charge < -0.3 is 10.7 Å². The number of alkyl halides is 3. The molecule has 1 amide bonds. The number of fused-ring (bicyclic) bond motifs is 1. The Morgan fingerprint density at radius 3 is 2.58 bits per heavy atom. The van der Waals surface area contributed by atoms with E-state index in [1.54, 1.807) is 4.68 Å². The lowest BCUT2D eigenvalue weighted by Gasteiger charge is -2.33. The van der Waals surface area contributed by atoms with Crippen LogP contribution in [0.4, 0.5) is 18.9 Å². The van der Waals surface area contributed by atoms with Gasteiger partial charge in [0.2, 0.25) is 11.1 Å². The van der Waals surface area contributed by atoms with Crippen LogP contribution in [-0.2, 0) is 23.8 Å². The predicted octanol–water partition coefficient (Wildman–Crippen LogP) is 5.21. The van der Waals surface area contributed by atoms with Gasteiger partial charge >= 0.3 is 6.18 Å². The zero-order valence-corrected chi connectivity index (χ0v) is 19.0. The van der Waals surface area contributed by atoms with Gasteiger partial charge in [0.25, 0.3) is 0 Å². The van der Waals surface area contributed by atoms with Crippen molar-refractivity contribution in [2.75, 3.05) is 10.7 Å². The van der Waals surface area contributed by atoms with Crippen molar-refractivity contribution in [1.82, 2.24) is 14.9 Å². The van der Waals surface area contributed by atoms with Crippen molar-refractivity contribution in [3.05, 3.63) is 71.0 Å². The summed E-state index contributed by atoms with van der Waals surface area (Å²) in [4.78, 5) is 13.3. The molecule has 0 fully saturated rings. The summed E-state index contributed by atoms with van der Waals surface area (Å²) in [5.41, 5.74) is 4.71. The van der Waals surface area contributed by atoms with E-state index >= 15 is 0 Å². The Morgan fingerprint density at radius 2 is 1.91 bits per heavy atom. The van der Waals surface area contributed by atoms with Gasteiger partial charge in [-0.15, -0.1) is 10.2 Å². The Hall–Kier alpha value is -3.01. The van der Waals surface area contributed by atoms with Crippen LogP contribution in [0.2, 0.25) is 0 Å². The fourth-order valence-corrected chi connectivity index (χ4v) is 4.78. The summed E-state index contributed by atoms with van der Waals surface area (Å²) in [5, 5.41) is 11.0. The number of carbonyl (C=O) groups excluding carboxylic acids is 1. The van der Waals surface area contributed by atoms with E-state index in [1.807, 2.05) is 31.2 Å². The number of carbonyl (C=O) groups is 1. The van der Waals surface area contributed by atoms with Crippen LogP contribution in [0.15, 0.2) is 53.7 Å². The number of hydrogen-bond acceptors (Lipinski definition) is 5. The molecular weight excluding hydrogens is 451 g/mol. The molecule has 0 spiro atoms. The van der Waals surface area contributed by atoms with Gasteiger partial charge in [-0.3, -0.25) is 4.79 Å². The molecule has 2 N–H and O–H groups in total. The summed E-state index contributed by atoms with van der Waals surface area (Å²) in [6.45, 7) is 4.11. The third-order valence-corrected chi connectivity index (χ3v) is 6.66. The van der Waals surface area contributed by atoms with Crippen molar-refractivity contribution < 1.29 is 18.0 Å². The average Bonchev–Trinajstić information content (AvgIpc) is 3.20. The zero-order chi connectivity index (χ0) is 23.6. The van der Waals surface area contributed by atoms with Crippen molar-refractivity contribution in [3.63, 3.8) is 0 Å². The van der Waals surface area contributed by atoms with E-state index in [2.05, 4.69) is 27.9 Å². The molecule has 2 aromatic carbocycles. The van der Waals surface area contributed by atoms with Crippen LogP contribution in [-0.4, -0.2) is 26.0 Å². The van der Waals surface area contributed by atoms with Crippen LogP contribution >= 0.6 is 11.8 Å². The molecule has 0 saturated carbocycles. The Morgan fingerprint density at radius 1 is 1.15 bits per heavy atom. The number of benzene rings is 2. The number of anilines is 1. The highest BCUT2D eigenvalue weighted by molar-refractivity contribution is 8.00. The molecular formula is C23H24F3N5OS. The highest BCUT2D eigenvalue weighted by Gasteiger charge is 2.38. The van der Waals surface area contributed by atoms with Crippen molar-refractivity contribution in [1.29, 1.82) is 0 Å². The second-order valence-electron chi connectivity index (χ2n) is 7.79. The monoisotopic (exact) mass is 475 g/mol. The summed E-state index contributed by atoms with van der Waals surface area (Å²) in [6, 6.07) is 12.2. The summed E-state index contributed by atoms with van der Waals surface area (Å²) in [5.74, 6) is 0.356. The zero-order valence-electron chi connectivity index (χ0n) is 18.2. The molecule has 4 rings (SSSR count). The molecule has 0 radical (unpaired) electrons. The van der Waals surface area contributed by atoms with Crippen molar-refractivity contribution >= 4 is 23.4 Å². The average molecular weight is 476 g/mol. The van der Waals surface area contributed by atoms with E-state index in [1.165, 1.54) is 29.5 Å². The fraction of sp³-hybridized carbons (Fsp3) is 0.348. The predicted molar refractivity (Wildman–Crippen MR) is 122 cm³/mol. The van der Waals surface area contributed by atoms with Gasteiger partial charge in [-0.1, -0.05) is 55.9 Å². The van der Waals surface area contributed by atoms with Crippen LogP contribution in [0.3, 0.4) is 0 Å². The first-order valence-electron chi connectivity index (χ1n) is 10.7. The van der Waals surface area contributed by atoms with Gasteiger partial charge in [0, 0.05) is 12.1 Å². The number of nitrogens with one attached hydrogen (secondary N) is 2. The first-order chi connectivity index (χ1) is 15.8. The molecule has 33 heavy (non-hydrogen) atoms. The lowest BCUT2D eigenvalue weighted by atomic mass is 10.0. The van der Waals surface area contributed by atoms with Crippen LogP contribution in [0.1, 0.15) is 48.8 Å². The molecule has 1 aliphatic heterocycles. The van der Waals surface area contributed by atoms with E-state index < -0.39 is 28.9 Å². The van der Waals surface area contributed by atoms with E-state index in [0.29, 0.717) is 5.16 Å². The molecule has 2 atom stereocenters. The summed E-state index contributed by atoms with van der Waals surface area (Å²) < 4.78 is 41.1. The second-order valence-corrected chi connectivity index (χ2v) is 8.90. The fourth-order valence-electron chi connectivity index (χ4n) is 3.68. The lowest BCUT2D eigenvalue weighted by Crippen LogP contribution is -2.41. The molecule has 2 heterocycles. The largest absolute Gasteiger partial charge is 0.416 e. The van der Waals surface area contributed by atoms with Gasteiger partial charge in [0.15, 0.2) is 5.82 Å². The highest BCUT2D eigenvalue weighted by Crippen LogP contribution is 2.38. The molecule has 10 heteroatoms. The minimum Gasteiger partial charge on any atom is -0.325 e. The van der Waals surface area contributed by atoms with E-state index in [-0.39, 0.29) is 5.69 Å². The van der Waals surface area contributed by atoms with Gasteiger partial charge in [0.05, 0.1) is 11.6 Å².